The van der Waals surface area contributed by atoms with Gasteiger partial charge in [-0.15, -0.1) is 11.8 Å². The Hall–Kier alpha value is -2.38. The number of halogens is 1. The van der Waals surface area contributed by atoms with E-state index in [1.807, 2.05) is 18.2 Å². The number of hydrogen-bond donors (Lipinski definition) is 1. The molecule has 1 amide bonds. The quantitative estimate of drug-likeness (QED) is 0.679. The standard InChI is InChI=1S/C18H15ClN4O2S/c1-8-16(25-10(3)21-8)17(24)23-18-20-7-13-9(2)26-14-5-4-11(19)6-12(14)15(13)22-18/h4-7,9H,1-3H3,(H,20,22,23,24). The number of benzene rings is 1. The molecule has 4 rings (SSSR count). The lowest BCUT2D eigenvalue weighted by molar-refractivity contribution is 0.0993. The lowest BCUT2D eigenvalue weighted by Crippen LogP contribution is -2.16. The normalized spacial score (nSPS) is 15.3. The molecule has 0 aliphatic carbocycles. The first kappa shape index (κ1) is 17.1. The summed E-state index contributed by atoms with van der Waals surface area (Å²) in [6.07, 6.45) is 1.75. The number of fused-ring (bicyclic) bond motifs is 3. The minimum absolute atomic E-state index is 0.163. The monoisotopic (exact) mass is 386 g/mol. The lowest BCUT2D eigenvalue weighted by atomic mass is 10.0. The summed E-state index contributed by atoms with van der Waals surface area (Å²) in [6, 6.07) is 5.74. The molecule has 1 unspecified atom stereocenters. The van der Waals surface area contributed by atoms with E-state index in [0.717, 1.165) is 21.7 Å². The summed E-state index contributed by atoms with van der Waals surface area (Å²) in [5.74, 6) is 0.393. The van der Waals surface area contributed by atoms with Gasteiger partial charge in [-0.2, -0.15) is 0 Å². The fourth-order valence-electron chi connectivity index (χ4n) is 2.91. The van der Waals surface area contributed by atoms with Gasteiger partial charge < -0.3 is 4.42 Å². The summed E-state index contributed by atoms with van der Waals surface area (Å²) >= 11 is 7.90. The van der Waals surface area contributed by atoms with Gasteiger partial charge in [0.05, 0.1) is 11.4 Å². The van der Waals surface area contributed by atoms with Gasteiger partial charge in [0.1, 0.15) is 0 Å². The molecule has 0 saturated heterocycles. The smallest absolute Gasteiger partial charge is 0.295 e. The summed E-state index contributed by atoms with van der Waals surface area (Å²) in [4.78, 5) is 26.5. The van der Waals surface area contributed by atoms with Crippen LogP contribution in [0.25, 0.3) is 11.3 Å². The predicted octanol–water partition coefficient (Wildman–Crippen LogP) is 4.82. The first-order valence-electron chi connectivity index (χ1n) is 8.01. The highest BCUT2D eigenvalue weighted by Crippen LogP contribution is 2.48. The highest BCUT2D eigenvalue weighted by molar-refractivity contribution is 7.99. The predicted molar refractivity (Wildman–Crippen MR) is 101 cm³/mol. The highest BCUT2D eigenvalue weighted by atomic mass is 35.5. The average Bonchev–Trinajstić information content (AvgIpc) is 2.94. The molecule has 3 aromatic rings. The van der Waals surface area contributed by atoms with Crippen molar-refractivity contribution in [3.63, 3.8) is 0 Å². The number of aryl methyl sites for hydroxylation is 2. The van der Waals surface area contributed by atoms with E-state index in [0.29, 0.717) is 16.6 Å². The van der Waals surface area contributed by atoms with E-state index in [2.05, 4.69) is 27.2 Å². The van der Waals surface area contributed by atoms with Crippen molar-refractivity contribution in [1.82, 2.24) is 15.0 Å². The van der Waals surface area contributed by atoms with Gasteiger partial charge in [-0.25, -0.2) is 15.0 Å². The van der Waals surface area contributed by atoms with Gasteiger partial charge in [-0.05, 0) is 32.0 Å². The molecule has 1 atom stereocenters. The van der Waals surface area contributed by atoms with Crippen LogP contribution in [-0.2, 0) is 0 Å². The van der Waals surface area contributed by atoms with Crippen molar-refractivity contribution < 1.29 is 9.21 Å². The molecule has 0 saturated carbocycles. The lowest BCUT2D eigenvalue weighted by Gasteiger charge is -2.23. The fraction of sp³-hybridized carbons (Fsp3) is 0.222. The number of rotatable bonds is 2. The summed E-state index contributed by atoms with van der Waals surface area (Å²) in [5, 5.41) is 3.54. The topological polar surface area (TPSA) is 80.9 Å². The van der Waals surface area contributed by atoms with E-state index in [4.69, 9.17) is 16.0 Å². The van der Waals surface area contributed by atoms with Crippen molar-refractivity contribution >= 4 is 35.2 Å². The van der Waals surface area contributed by atoms with Crippen LogP contribution >= 0.6 is 23.4 Å². The Morgan fingerprint density at radius 1 is 1.31 bits per heavy atom. The Labute approximate surface area is 159 Å². The van der Waals surface area contributed by atoms with Crippen molar-refractivity contribution in [2.24, 2.45) is 0 Å². The van der Waals surface area contributed by atoms with Gasteiger partial charge in [0.15, 0.2) is 5.89 Å². The molecule has 0 spiro atoms. The van der Waals surface area contributed by atoms with Crippen LogP contribution in [0.4, 0.5) is 5.95 Å². The zero-order valence-corrected chi connectivity index (χ0v) is 15.9. The number of carbonyl (C=O) groups is 1. The van der Waals surface area contributed by atoms with Crippen LogP contribution in [0.2, 0.25) is 5.02 Å². The van der Waals surface area contributed by atoms with Crippen molar-refractivity contribution in [2.45, 2.75) is 30.9 Å². The first-order chi connectivity index (χ1) is 12.4. The van der Waals surface area contributed by atoms with Crippen molar-refractivity contribution in [3.05, 3.63) is 52.3 Å². The van der Waals surface area contributed by atoms with Crippen LogP contribution in [-0.4, -0.2) is 20.9 Å². The minimum Gasteiger partial charge on any atom is -0.436 e. The Balaban J connectivity index is 1.72. The molecule has 1 aromatic carbocycles. The van der Waals surface area contributed by atoms with E-state index < -0.39 is 5.91 Å². The number of anilines is 1. The zero-order chi connectivity index (χ0) is 18.4. The Kier molecular flexibility index (Phi) is 4.20. The van der Waals surface area contributed by atoms with Crippen LogP contribution in [0.3, 0.4) is 0 Å². The van der Waals surface area contributed by atoms with E-state index >= 15 is 0 Å². The van der Waals surface area contributed by atoms with Gasteiger partial charge in [-0.1, -0.05) is 11.6 Å². The van der Waals surface area contributed by atoms with Crippen molar-refractivity contribution in [3.8, 4) is 11.3 Å². The molecular weight excluding hydrogens is 372 g/mol. The molecule has 26 heavy (non-hydrogen) atoms. The maximum atomic E-state index is 12.4. The van der Waals surface area contributed by atoms with Crippen molar-refractivity contribution in [2.75, 3.05) is 5.32 Å². The maximum absolute atomic E-state index is 12.4. The molecular formula is C18H15ClN4O2S. The Bertz CT molecular complexity index is 1030. The number of carbonyl (C=O) groups excluding carboxylic acids is 1. The molecule has 0 radical (unpaired) electrons. The molecule has 1 aliphatic heterocycles. The summed E-state index contributed by atoms with van der Waals surface area (Å²) < 4.78 is 5.35. The Morgan fingerprint density at radius 3 is 2.85 bits per heavy atom. The van der Waals surface area contributed by atoms with Gasteiger partial charge in [-0.3, -0.25) is 10.1 Å². The SMILES string of the molecule is Cc1nc(C)c(C(=O)Nc2ncc3c(n2)-c2cc(Cl)ccc2SC3C)o1. The zero-order valence-electron chi connectivity index (χ0n) is 14.3. The van der Waals surface area contributed by atoms with Gasteiger partial charge in [0.25, 0.3) is 5.91 Å². The number of hydrogen-bond acceptors (Lipinski definition) is 6. The van der Waals surface area contributed by atoms with Crippen LogP contribution in [0.15, 0.2) is 33.7 Å². The first-order valence-corrected chi connectivity index (χ1v) is 9.27. The molecule has 1 N–H and O–H groups in total. The number of oxazole rings is 1. The second-order valence-electron chi connectivity index (χ2n) is 6.00. The molecule has 8 heteroatoms. The maximum Gasteiger partial charge on any atom is 0.295 e. The van der Waals surface area contributed by atoms with Gasteiger partial charge in [0, 0.05) is 39.4 Å². The fourth-order valence-corrected chi connectivity index (χ4v) is 4.19. The van der Waals surface area contributed by atoms with Crippen LogP contribution < -0.4 is 5.32 Å². The highest BCUT2D eigenvalue weighted by Gasteiger charge is 2.25. The second kappa shape index (κ2) is 6.41. The van der Waals surface area contributed by atoms with Crippen LogP contribution in [0.5, 0.6) is 0 Å². The van der Waals surface area contributed by atoms with Gasteiger partial charge in [0.2, 0.25) is 11.7 Å². The van der Waals surface area contributed by atoms with Crippen LogP contribution in [0.1, 0.15) is 39.9 Å². The minimum atomic E-state index is -0.424. The van der Waals surface area contributed by atoms with Gasteiger partial charge >= 0.3 is 0 Å². The summed E-state index contributed by atoms with van der Waals surface area (Å²) in [5.41, 5.74) is 3.26. The number of amides is 1. The summed E-state index contributed by atoms with van der Waals surface area (Å²) in [6.45, 7) is 5.51. The second-order valence-corrected chi connectivity index (χ2v) is 7.82. The third-order valence-corrected chi connectivity index (χ3v) is 5.54. The molecule has 2 aromatic heterocycles. The Morgan fingerprint density at radius 2 is 2.12 bits per heavy atom. The molecule has 0 fully saturated rings. The number of aromatic nitrogens is 3. The van der Waals surface area contributed by atoms with E-state index in [1.165, 1.54) is 0 Å². The molecule has 3 heterocycles. The molecule has 132 valence electrons. The number of thioether (sulfide) groups is 1. The van der Waals surface area contributed by atoms with E-state index in [-0.39, 0.29) is 17.0 Å². The average molecular weight is 387 g/mol. The molecule has 0 bridgehead atoms. The third-order valence-electron chi connectivity index (χ3n) is 4.09. The molecule has 6 nitrogen and oxygen atoms in total. The summed E-state index contributed by atoms with van der Waals surface area (Å²) in [7, 11) is 0. The van der Waals surface area contributed by atoms with E-state index in [1.54, 1.807) is 31.8 Å². The van der Waals surface area contributed by atoms with Crippen molar-refractivity contribution in [1.29, 1.82) is 0 Å². The largest absolute Gasteiger partial charge is 0.436 e. The number of nitrogens with one attached hydrogen (secondary N) is 1. The van der Waals surface area contributed by atoms with E-state index in [9.17, 15) is 4.79 Å². The molecule has 1 aliphatic rings. The third kappa shape index (κ3) is 2.97. The van der Waals surface area contributed by atoms with Crippen LogP contribution in [0, 0.1) is 13.8 Å². The number of nitrogens with zero attached hydrogens (tertiary/aromatic N) is 3.